The maximum absolute atomic E-state index is 13.8. The average molecular weight is 303 g/mol. The molecule has 5 heteroatoms. The fourth-order valence-corrected chi connectivity index (χ4v) is 2.36. The standard InChI is InChI=1S/C17H15F2NO2/c1-2-21-12-6-3-5-11(9-12)15-10-22-17(20-15)16-13(18)7-4-8-14(16)19/h3-9,15H,2,10H2,1H3. The first-order valence-electron chi connectivity index (χ1n) is 7.06. The smallest absolute Gasteiger partial charge is 0.222 e. The van der Waals surface area contributed by atoms with Crippen LogP contribution in [0.2, 0.25) is 0 Å². The number of hydrogen-bond acceptors (Lipinski definition) is 3. The Balaban J connectivity index is 1.90. The monoisotopic (exact) mass is 303 g/mol. The second-order valence-corrected chi connectivity index (χ2v) is 4.86. The highest BCUT2D eigenvalue weighted by Crippen LogP contribution is 2.28. The predicted octanol–water partition coefficient (Wildman–Crippen LogP) is 3.88. The SMILES string of the molecule is CCOc1cccc(C2COC(c3c(F)cccc3F)=N2)c1. The van der Waals surface area contributed by atoms with E-state index < -0.39 is 11.6 Å². The summed E-state index contributed by atoms with van der Waals surface area (Å²) in [5.41, 5.74) is 0.670. The number of halogens is 2. The summed E-state index contributed by atoms with van der Waals surface area (Å²) < 4.78 is 38.4. The van der Waals surface area contributed by atoms with Crippen molar-refractivity contribution >= 4 is 5.90 Å². The molecule has 1 heterocycles. The minimum atomic E-state index is -0.678. The van der Waals surface area contributed by atoms with Crippen LogP contribution in [0, 0.1) is 11.6 Å². The third-order valence-electron chi connectivity index (χ3n) is 3.38. The van der Waals surface area contributed by atoms with Crippen LogP contribution in [0.4, 0.5) is 8.78 Å². The highest BCUT2D eigenvalue weighted by atomic mass is 19.1. The quantitative estimate of drug-likeness (QED) is 0.858. The Bertz CT molecular complexity index is 695. The van der Waals surface area contributed by atoms with Gasteiger partial charge in [-0.3, -0.25) is 0 Å². The Hall–Kier alpha value is -2.43. The normalized spacial score (nSPS) is 17.0. The van der Waals surface area contributed by atoms with Crippen molar-refractivity contribution in [2.75, 3.05) is 13.2 Å². The highest BCUT2D eigenvalue weighted by molar-refractivity contribution is 5.95. The first-order valence-corrected chi connectivity index (χ1v) is 7.06. The van der Waals surface area contributed by atoms with Gasteiger partial charge < -0.3 is 9.47 Å². The molecule has 0 fully saturated rings. The van der Waals surface area contributed by atoms with Gasteiger partial charge in [0.05, 0.1) is 6.61 Å². The molecule has 22 heavy (non-hydrogen) atoms. The Morgan fingerprint density at radius 2 is 1.91 bits per heavy atom. The Kier molecular flexibility index (Phi) is 4.04. The van der Waals surface area contributed by atoms with Gasteiger partial charge in [0.1, 0.15) is 35.6 Å². The molecule has 0 aromatic heterocycles. The molecule has 2 aromatic rings. The van der Waals surface area contributed by atoms with E-state index in [0.717, 1.165) is 11.3 Å². The van der Waals surface area contributed by atoms with Gasteiger partial charge in [-0.25, -0.2) is 13.8 Å². The van der Waals surface area contributed by atoms with E-state index in [0.29, 0.717) is 6.61 Å². The highest BCUT2D eigenvalue weighted by Gasteiger charge is 2.26. The molecule has 0 spiro atoms. The van der Waals surface area contributed by atoms with Crippen LogP contribution in [0.1, 0.15) is 24.1 Å². The zero-order valence-corrected chi connectivity index (χ0v) is 12.1. The average Bonchev–Trinajstić information content (AvgIpc) is 2.97. The van der Waals surface area contributed by atoms with Crippen molar-refractivity contribution in [1.82, 2.24) is 0 Å². The molecule has 114 valence electrons. The molecule has 3 nitrogen and oxygen atoms in total. The van der Waals surface area contributed by atoms with Crippen molar-refractivity contribution < 1.29 is 18.3 Å². The van der Waals surface area contributed by atoms with Gasteiger partial charge in [0.2, 0.25) is 5.90 Å². The fraction of sp³-hybridized carbons (Fsp3) is 0.235. The molecular weight excluding hydrogens is 288 g/mol. The van der Waals surface area contributed by atoms with Crippen LogP contribution in [-0.2, 0) is 4.74 Å². The lowest BCUT2D eigenvalue weighted by atomic mass is 10.1. The number of nitrogens with zero attached hydrogens (tertiary/aromatic N) is 1. The maximum atomic E-state index is 13.8. The number of benzene rings is 2. The summed E-state index contributed by atoms with van der Waals surface area (Å²) in [6.45, 7) is 2.72. The van der Waals surface area contributed by atoms with Crippen LogP contribution < -0.4 is 4.74 Å². The van der Waals surface area contributed by atoms with Crippen LogP contribution in [-0.4, -0.2) is 19.1 Å². The van der Waals surface area contributed by atoms with Crippen molar-refractivity contribution in [2.24, 2.45) is 4.99 Å². The second kappa shape index (κ2) is 6.13. The first-order chi connectivity index (χ1) is 10.7. The van der Waals surface area contributed by atoms with Crippen molar-refractivity contribution in [2.45, 2.75) is 13.0 Å². The van der Waals surface area contributed by atoms with E-state index in [1.807, 2.05) is 31.2 Å². The summed E-state index contributed by atoms with van der Waals surface area (Å²) in [4.78, 5) is 4.31. The van der Waals surface area contributed by atoms with Crippen LogP contribution in [0.25, 0.3) is 0 Å². The Morgan fingerprint density at radius 1 is 1.18 bits per heavy atom. The summed E-state index contributed by atoms with van der Waals surface area (Å²) in [6.07, 6.45) is 0. The minimum absolute atomic E-state index is 0.00223. The molecule has 1 aliphatic rings. The lowest BCUT2D eigenvalue weighted by Gasteiger charge is -2.08. The van der Waals surface area contributed by atoms with Gasteiger partial charge in [-0.15, -0.1) is 0 Å². The second-order valence-electron chi connectivity index (χ2n) is 4.86. The molecular formula is C17H15F2NO2. The lowest BCUT2D eigenvalue weighted by molar-refractivity contribution is 0.316. The van der Waals surface area contributed by atoms with Gasteiger partial charge in [0.25, 0.3) is 0 Å². The largest absolute Gasteiger partial charge is 0.494 e. The summed E-state index contributed by atoms with van der Waals surface area (Å²) >= 11 is 0. The topological polar surface area (TPSA) is 30.8 Å². The van der Waals surface area contributed by atoms with Gasteiger partial charge in [-0.1, -0.05) is 18.2 Å². The molecule has 0 saturated carbocycles. The minimum Gasteiger partial charge on any atom is -0.494 e. The van der Waals surface area contributed by atoms with E-state index in [2.05, 4.69) is 4.99 Å². The molecule has 0 radical (unpaired) electrons. The van der Waals surface area contributed by atoms with Crippen LogP contribution >= 0.6 is 0 Å². The van der Waals surface area contributed by atoms with E-state index in [9.17, 15) is 8.78 Å². The number of hydrogen-bond donors (Lipinski definition) is 0. The Morgan fingerprint density at radius 3 is 2.64 bits per heavy atom. The first kappa shape index (κ1) is 14.5. The molecule has 0 bridgehead atoms. The third kappa shape index (κ3) is 2.79. The van der Waals surface area contributed by atoms with Gasteiger partial charge in [0, 0.05) is 0 Å². The van der Waals surface area contributed by atoms with Crippen LogP contribution in [0.3, 0.4) is 0 Å². The van der Waals surface area contributed by atoms with E-state index in [-0.39, 0.29) is 24.1 Å². The lowest BCUT2D eigenvalue weighted by Crippen LogP contribution is -2.07. The van der Waals surface area contributed by atoms with E-state index in [4.69, 9.17) is 9.47 Å². The molecule has 0 N–H and O–H groups in total. The predicted molar refractivity (Wildman–Crippen MR) is 79.2 cm³/mol. The van der Waals surface area contributed by atoms with Crippen molar-refractivity contribution in [1.29, 1.82) is 0 Å². The number of ether oxygens (including phenoxy) is 2. The van der Waals surface area contributed by atoms with Crippen molar-refractivity contribution in [3.05, 3.63) is 65.2 Å². The third-order valence-corrected chi connectivity index (χ3v) is 3.38. The summed E-state index contributed by atoms with van der Waals surface area (Å²) in [6, 6.07) is 10.9. The molecule has 0 saturated heterocycles. The zero-order chi connectivity index (χ0) is 15.5. The molecule has 1 unspecified atom stereocenters. The van der Waals surface area contributed by atoms with Crippen molar-refractivity contribution in [3.8, 4) is 5.75 Å². The summed E-state index contributed by atoms with van der Waals surface area (Å²) in [5, 5.41) is 0. The van der Waals surface area contributed by atoms with Crippen molar-refractivity contribution in [3.63, 3.8) is 0 Å². The van der Waals surface area contributed by atoms with E-state index in [1.165, 1.54) is 18.2 Å². The molecule has 1 atom stereocenters. The molecule has 2 aromatic carbocycles. The molecule has 0 aliphatic carbocycles. The van der Waals surface area contributed by atoms with Crippen LogP contribution in [0.5, 0.6) is 5.75 Å². The fourth-order valence-electron chi connectivity index (χ4n) is 2.36. The maximum Gasteiger partial charge on any atom is 0.222 e. The Labute approximate surface area is 127 Å². The summed E-state index contributed by atoms with van der Waals surface area (Å²) in [7, 11) is 0. The molecule has 3 rings (SSSR count). The molecule has 1 aliphatic heterocycles. The van der Waals surface area contributed by atoms with Gasteiger partial charge in [-0.05, 0) is 36.8 Å². The number of rotatable bonds is 4. The van der Waals surface area contributed by atoms with Crippen LogP contribution in [0.15, 0.2) is 47.5 Å². The number of aliphatic imine (C=N–C) groups is 1. The van der Waals surface area contributed by atoms with Gasteiger partial charge in [-0.2, -0.15) is 0 Å². The van der Waals surface area contributed by atoms with Gasteiger partial charge >= 0.3 is 0 Å². The van der Waals surface area contributed by atoms with E-state index in [1.54, 1.807) is 0 Å². The summed E-state index contributed by atoms with van der Waals surface area (Å²) in [5.74, 6) is -0.618. The van der Waals surface area contributed by atoms with Gasteiger partial charge in [0.15, 0.2) is 0 Å². The van der Waals surface area contributed by atoms with E-state index >= 15 is 0 Å². The molecule has 0 amide bonds. The zero-order valence-electron chi connectivity index (χ0n) is 12.1.